The van der Waals surface area contributed by atoms with Gasteiger partial charge >= 0.3 is 0 Å². The molecule has 0 bridgehead atoms. The van der Waals surface area contributed by atoms with E-state index < -0.39 is 5.54 Å². The standard InChI is InChI=1S/C15H26N2O2/c1-5-19-12-10-15(16,14(12,3)4)13(18)17-8-6-11(2)7-9-17/h6,12H,5,7-10,16H2,1-4H3. The number of rotatable bonds is 3. The zero-order chi connectivity index (χ0) is 14.3. The van der Waals surface area contributed by atoms with Gasteiger partial charge in [0.05, 0.1) is 6.10 Å². The van der Waals surface area contributed by atoms with Crippen molar-refractivity contribution >= 4 is 5.91 Å². The summed E-state index contributed by atoms with van der Waals surface area (Å²) in [6, 6.07) is 0. The summed E-state index contributed by atoms with van der Waals surface area (Å²) in [6.45, 7) is 10.3. The Bertz CT molecular complexity index is 403. The fraction of sp³-hybridized carbons (Fsp3) is 0.800. The highest BCUT2D eigenvalue weighted by Crippen LogP contribution is 2.50. The molecule has 0 saturated heterocycles. The Morgan fingerprint density at radius 3 is 2.74 bits per heavy atom. The highest BCUT2D eigenvalue weighted by atomic mass is 16.5. The van der Waals surface area contributed by atoms with Gasteiger partial charge in [-0.15, -0.1) is 0 Å². The molecular weight excluding hydrogens is 240 g/mol. The first-order valence-electron chi connectivity index (χ1n) is 7.18. The highest BCUT2D eigenvalue weighted by molar-refractivity contribution is 5.89. The molecule has 0 aromatic carbocycles. The van der Waals surface area contributed by atoms with Crippen LogP contribution >= 0.6 is 0 Å². The molecule has 108 valence electrons. The minimum Gasteiger partial charge on any atom is -0.378 e. The summed E-state index contributed by atoms with van der Waals surface area (Å²) in [7, 11) is 0. The molecule has 4 heteroatoms. The quantitative estimate of drug-likeness (QED) is 0.791. The van der Waals surface area contributed by atoms with Gasteiger partial charge in [-0.1, -0.05) is 25.5 Å². The third-order valence-electron chi connectivity index (χ3n) is 4.93. The molecule has 1 saturated carbocycles. The van der Waals surface area contributed by atoms with Gasteiger partial charge in [-0.3, -0.25) is 4.79 Å². The van der Waals surface area contributed by atoms with Crippen molar-refractivity contribution < 1.29 is 9.53 Å². The Balaban J connectivity index is 2.08. The van der Waals surface area contributed by atoms with Crippen molar-refractivity contribution in [1.82, 2.24) is 4.90 Å². The van der Waals surface area contributed by atoms with Gasteiger partial charge in [0, 0.05) is 31.5 Å². The maximum Gasteiger partial charge on any atom is 0.243 e. The van der Waals surface area contributed by atoms with Crippen LogP contribution in [0.3, 0.4) is 0 Å². The van der Waals surface area contributed by atoms with E-state index in [0.29, 0.717) is 19.6 Å². The molecule has 2 N–H and O–H groups in total. The van der Waals surface area contributed by atoms with Crippen LogP contribution in [-0.4, -0.2) is 42.1 Å². The molecule has 4 nitrogen and oxygen atoms in total. The Morgan fingerprint density at radius 2 is 2.26 bits per heavy atom. The number of carbonyl (C=O) groups is 1. The minimum atomic E-state index is -0.772. The van der Waals surface area contributed by atoms with E-state index in [-0.39, 0.29) is 17.4 Å². The van der Waals surface area contributed by atoms with Gasteiger partial charge in [0.25, 0.3) is 0 Å². The number of ether oxygens (including phenoxy) is 1. The number of nitrogens with two attached hydrogens (primary N) is 1. The van der Waals surface area contributed by atoms with Crippen LogP contribution in [0.4, 0.5) is 0 Å². The lowest BCUT2D eigenvalue weighted by molar-refractivity contribution is -0.179. The van der Waals surface area contributed by atoms with Crippen molar-refractivity contribution in [1.29, 1.82) is 0 Å². The summed E-state index contributed by atoms with van der Waals surface area (Å²) in [5, 5.41) is 0. The maximum absolute atomic E-state index is 12.7. The molecular formula is C15H26N2O2. The minimum absolute atomic E-state index is 0.0807. The van der Waals surface area contributed by atoms with E-state index in [9.17, 15) is 4.79 Å². The third-order valence-corrected chi connectivity index (χ3v) is 4.93. The molecule has 1 aliphatic heterocycles. The lowest BCUT2D eigenvalue weighted by Gasteiger charge is -2.58. The Hall–Kier alpha value is -0.870. The van der Waals surface area contributed by atoms with Crippen molar-refractivity contribution in [3.05, 3.63) is 11.6 Å². The van der Waals surface area contributed by atoms with Crippen molar-refractivity contribution in [2.75, 3.05) is 19.7 Å². The fourth-order valence-electron chi connectivity index (χ4n) is 3.04. The lowest BCUT2D eigenvalue weighted by Crippen LogP contribution is -2.76. The topological polar surface area (TPSA) is 55.6 Å². The molecule has 0 aromatic rings. The summed E-state index contributed by atoms with van der Waals surface area (Å²) in [4.78, 5) is 14.6. The zero-order valence-electron chi connectivity index (χ0n) is 12.5. The second-order valence-corrected chi connectivity index (χ2v) is 6.39. The van der Waals surface area contributed by atoms with Gasteiger partial charge in [0.1, 0.15) is 5.54 Å². The summed E-state index contributed by atoms with van der Waals surface area (Å²) in [6.07, 6.45) is 3.80. The lowest BCUT2D eigenvalue weighted by atomic mass is 9.54. The molecule has 0 radical (unpaired) electrons. The van der Waals surface area contributed by atoms with Gasteiger partial charge in [-0.2, -0.15) is 0 Å². The van der Waals surface area contributed by atoms with E-state index in [1.54, 1.807) is 0 Å². The first-order chi connectivity index (χ1) is 8.83. The van der Waals surface area contributed by atoms with Crippen LogP contribution in [0.15, 0.2) is 11.6 Å². The van der Waals surface area contributed by atoms with Crippen LogP contribution < -0.4 is 5.73 Å². The average molecular weight is 266 g/mol. The molecule has 2 rings (SSSR count). The molecule has 2 aliphatic rings. The molecule has 0 spiro atoms. The predicted molar refractivity (Wildman–Crippen MR) is 75.7 cm³/mol. The summed E-state index contributed by atoms with van der Waals surface area (Å²) >= 11 is 0. The second kappa shape index (κ2) is 4.91. The summed E-state index contributed by atoms with van der Waals surface area (Å²) in [5.74, 6) is 0.0807. The van der Waals surface area contributed by atoms with E-state index >= 15 is 0 Å². The Morgan fingerprint density at radius 1 is 1.58 bits per heavy atom. The summed E-state index contributed by atoms with van der Waals surface area (Å²) < 4.78 is 5.68. The molecule has 1 heterocycles. The van der Waals surface area contributed by atoms with Gasteiger partial charge < -0.3 is 15.4 Å². The van der Waals surface area contributed by atoms with Crippen molar-refractivity contribution in [2.45, 2.75) is 52.2 Å². The van der Waals surface area contributed by atoms with Crippen LogP contribution in [0.2, 0.25) is 0 Å². The summed E-state index contributed by atoms with van der Waals surface area (Å²) in [5.41, 5.74) is 6.71. The van der Waals surface area contributed by atoms with Gasteiger partial charge in [-0.25, -0.2) is 0 Å². The molecule has 2 unspecified atom stereocenters. The van der Waals surface area contributed by atoms with E-state index in [1.165, 1.54) is 5.57 Å². The average Bonchev–Trinajstić information content (AvgIpc) is 2.38. The van der Waals surface area contributed by atoms with E-state index in [0.717, 1.165) is 13.0 Å². The fourth-order valence-corrected chi connectivity index (χ4v) is 3.04. The smallest absolute Gasteiger partial charge is 0.243 e. The Kier molecular flexibility index (Phi) is 3.76. The molecule has 2 atom stereocenters. The molecule has 1 fully saturated rings. The van der Waals surface area contributed by atoms with E-state index in [4.69, 9.17) is 10.5 Å². The molecule has 1 amide bonds. The third kappa shape index (κ3) is 2.21. The largest absolute Gasteiger partial charge is 0.378 e. The van der Waals surface area contributed by atoms with Crippen molar-refractivity contribution in [2.24, 2.45) is 11.1 Å². The van der Waals surface area contributed by atoms with Crippen LogP contribution in [0.5, 0.6) is 0 Å². The Labute approximate surface area is 116 Å². The first-order valence-corrected chi connectivity index (χ1v) is 7.18. The number of hydrogen-bond acceptors (Lipinski definition) is 3. The number of carbonyl (C=O) groups excluding carboxylic acids is 1. The number of nitrogens with zero attached hydrogens (tertiary/aromatic N) is 1. The zero-order valence-corrected chi connectivity index (χ0v) is 12.5. The molecule has 19 heavy (non-hydrogen) atoms. The maximum atomic E-state index is 12.7. The number of hydrogen-bond donors (Lipinski definition) is 1. The predicted octanol–water partition coefficient (Wildman–Crippen LogP) is 1.70. The monoisotopic (exact) mass is 266 g/mol. The number of amides is 1. The van der Waals surface area contributed by atoms with Crippen LogP contribution in [0.25, 0.3) is 0 Å². The van der Waals surface area contributed by atoms with Crippen LogP contribution in [-0.2, 0) is 9.53 Å². The van der Waals surface area contributed by atoms with Gasteiger partial charge in [-0.05, 0) is 20.3 Å². The first kappa shape index (κ1) is 14.5. The van der Waals surface area contributed by atoms with Gasteiger partial charge in [0.2, 0.25) is 5.91 Å². The normalized spacial score (nSPS) is 33.6. The second-order valence-electron chi connectivity index (χ2n) is 6.39. The SMILES string of the molecule is CCOC1CC(N)(C(=O)N2CC=C(C)CC2)C1(C)C. The van der Waals surface area contributed by atoms with Crippen LogP contribution in [0.1, 0.15) is 40.5 Å². The van der Waals surface area contributed by atoms with Crippen LogP contribution in [0, 0.1) is 5.41 Å². The molecule has 1 aliphatic carbocycles. The van der Waals surface area contributed by atoms with Crippen molar-refractivity contribution in [3.63, 3.8) is 0 Å². The van der Waals surface area contributed by atoms with E-state index in [1.807, 2.05) is 25.7 Å². The highest BCUT2D eigenvalue weighted by Gasteiger charge is 2.63. The van der Waals surface area contributed by atoms with Gasteiger partial charge in [0.15, 0.2) is 0 Å². The molecule has 0 aromatic heterocycles. The van der Waals surface area contributed by atoms with E-state index in [2.05, 4.69) is 13.0 Å². The van der Waals surface area contributed by atoms with Crippen molar-refractivity contribution in [3.8, 4) is 0 Å².